The second kappa shape index (κ2) is 7.75. The number of piperazine rings is 1. The summed E-state index contributed by atoms with van der Waals surface area (Å²) in [5.41, 5.74) is 2.90. The van der Waals surface area contributed by atoms with E-state index in [1.165, 1.54) is 11.3 Å². The highest BCUT2D eigenvalue weighted by Gasteiger charge is 2.44. The summed E-state index contributed by atoms with van der Waals surface area (Å²) in [5.74, 6) is 2.90. The molecule has 2 atom stereocenters. The summed E-state index contributed by atoms with van der Waals surface area (Å²) in [5, 5.41) is 9.61. The largest absolute Gasteiger partial charge is 0.497 e. The van der Waals surface area contributed by atoms with Crippen molar-refractivity contribution < 1.29 is 9.15 Å². The minimum Gasteiger partial charge on any atom is -0.497 e. The van der Waals surface area contributed by atoms with Crippen LogP contribution < -0.4 is 14.5 Å². The van der Waals surface area contributed by atoms with Crippen LogP contribution >= 0.6 is 0 Å². The van der Waals surface area contributed by atoms with Gasteiger partial charge in [0.15, 0.2) is 0 Å². The summed E-state index contributed by atoms with van der Waals surface area (Å²) in [6, 6.07) is 20.8. The summed E-state index contributed by atoms with van der Waals surface area (Å²) in [6.45, 7) is 3.32. The first-order chi connectivity index (χ1) is 14.8. The molecule has 1 saturated carbocycles. The Kier molecular flexibility index (Phi) is 4.80. The van der Waals surface area contributed by atoms with E-state index in [2.05, 4.69) is 57.3 Å². The molecule has 6 heteroatoms. The molecule has 2 aromatic carbocycles. The Morgan fingerprint density at radius 2 is 1.67 bits per heavy atom. The van der Waals surface area contributed by atoms with Gasteiger partial charge in [-0.25, -0.2) is 4.98 Å². The first kappa shape index (κ1) is 18.6. The van der Waals surface area contributed by atoms with Gasteiger partial charge in [-0.15, -0.1) is 0 Å². The maximum Gasteiger partial charge on any atom is 0.234 e. The number of rotatable bonds is 5. The fourth-order valence-corrected chi connectivity index (χ4v) is 4.27. The molecule has 30 heavy (non-hydrogen) atoms. The van der Waals surface area contributed by atoms with E-state index in [0.717, 1.165) is 38.3 Å². The zero-order valence-corrected chi connectivity index (χ0v) is 17.0. The normalized spacial score (nSPS) is 20.7. The molecule has 0 bridgehead atoms. The lowest BCUT2D eigenvalue weighted by Crippen LogP contribution is -2.46. The second-order valence-electron chi connectivity index (χ2n) is 7.85. The first-order valence-electron chi connectivity index (χ1n) is 10.4. The third kappa shape index (κ3) is 3.48. The molecule has 5 rings (SSSR count). The van der Waals surface area contributed by atoms with Crippen LogP contribution in [0.5, 0.6) is 5.75 Å². The van der Waals surface area contributed by atoms with Crippen LogP contribution in [0, 0.1) is 11.3 Å². The van der Waals surface area contributed by atoms with Crippen LogP contribution in [-0.2, 0) is 0 Å². The van der Waals surface area contributed by atoms with Crippen LogP contribution in [0.15, 0.2) is 59.0 Å². The number of methoxy groups -OCH3 is 1. The SMILES string of the molecule is COc1ccc(N2CCN(c3oc([C@H]4C[C@H]4c4ccccc4)nc3C#N)CC2)cc1. The average Bonchev–Trinajstić information content (AvgIpc) is 3.51. The van der Waals surface area contributed by atoms with Crippen molar-refractivity contribution >= 4 is 11.6 Å². The average molecular weight is 400 g/mol. The van der Waals surface area contributed by atoms with E-state index in [9.17, 15) is 5.26 Å². The molecule has 0 amide bonds. The minimum atomic E-state index is 0.272. The van der Waals surface area contributed by atoms with Gasteiger partial charge in [-0.2, -0.15) is 5.26 Å². The Morgan fingerprint density at radius 1 is 0.967 bits per heavy atom. The number of aromatic nitrogens is 1. The summed E-state index contributed by atoms with van der Waals surface area (Å²) >= 11 is 0. The zero-order valence-electron chi connectivity index (χ0n) is 17.0. The quantitative estimate of drug-likeness (QED) is 0.641. The molecule has 3 aromatic rings. The van der Waals surface area contributed by atoms with Crippen LogP contribution in [0.4, 0.5) is 11.6 Å². The lowest BCUT2D eigenvalue weighted by Gasteiger charge is -2.35. The highest BCUT2D eigenvalue weighted by molar-refractivity contribution is 5.53. The predicted octanol–water partition coefficient (Wildman–Crippen LogP) is 4.15. The lowest BCUT2D eigenvalue weighted by atomic mass is 10.1. The molecule has 152 valence electrons. The third-order valence-electron chi connectivity index (χ3n) is 6.07. The fourth-order valence-electron chi connectivity index (χ4n) is 4.27. The number of oxazole rings is 1. The van der Waals surface area contributed by atoms with Gasteiger partial charge in [-0.05, 0) is 42.2 Å². The maximum absolute atomic E-state index is 9.61. The monoisotopic (exact) mass is 400 g/mol. The number of ether oxygens (including phenoxy) is 1. The number of hydrogen-bond acceptors (Lipinski definition) is 6. The van der Waals surface area contributed by atoms with Crippen molar-refractivity contribution in [1.29, 1.82) is 5.26 Å². The zero-order chi connectivity index (χ0) is 20.5. The van der Waals surface area contributed by atoms with Crippen molar-refractivity contribution in [3.63, 3.8) is 0 Å². The number of hydrogen-bond donors (Lipinski definition) is 0. The standard InChI is InChI=1S/C24H24N4O2/c1-29-19-9-7-18(8-10-19)27-11-13-28(14-12-27)24-22(16-25)26-23(30-24)21-15-20(21)17-5-3-2-4-6-17/h2-10,20-21H,11-15H2,1H3/t20-,21-/m0/s1. The van der Waals surface area contributed by atoms with Gasteiger partial charge in [0.2, 0.25) is 17.5 Å². The number of anilines is 2. The van der Waals surface area contributed by atoms with Crippen LogP contribution in [0.1, 0.15) is 35.4 Å². The van der Waals surface area contributed by atoms with Gasteiger partial charge < -0.3 is 19.0 Å². The second-order valence-corrected chi connectivity index (χ2v) is 7.85. The highest BCUT2D eigenvalue weighted by atomic mass is 16.5. The van der Waals surface area contributed by atoms with Crippen LogP contribution in [-0.4, -0.2) is 38.3 Å². The topological polar surface area (TPSA) is 65.5 Å². The van der Waals surface area contributed by atoms with Crippen molar-refractivity contribution in [3.05, 3.63) is 71.7 Å². The molecule has 1 aromatic heterocycles. The van der Waals surface area contributed by atoms with Gasteiger partial charge in [-0.3, -0.25) is 0 Å². The van der Waals surface area contributed by atoms with E-state index in [1.54, 1.807) is 7.11 Å². The maximum atomic E-state index is 9.61. The van der Waals surface area contributed by atoms with Crippen molar-refractivity contribution in [1.82, 2.24) is 4.98 Å². The molecule has 0 unspecified atom stereocenters. The molecular weight excluding hydrogens is 376 g/mol. The van der Waals surface area contributed by atoms with Gasteiger partial charge in [0.1, 0.15) is 11.8 Å². The Labute approximate surface area is 176 Å². The van der Waals surface area contributed by atoms with E-state index in [1.807, 2.05) is 18.2 Å². The number of benzene rings is 2. The Hall–Kier alpha value is -3.46. The first-order valence-corrected chi connectivity index (χ1v) is 10.4. The van der Waals surface area contributed by atoms with E-state index in [-0.39, 0.29) is 5.92 Å². The van der Waals surface area contributed by atoms with Crippen molar-refractivity contribution in [2.45, 2.75) is 18.3 Å². The van der Waals surface area contributed by atoms with Gasteiger partial charge >= 0.3 is 0 Å². The highest BCUT2D eigenvalue weighted by Crippen LogP contribution is 2.54. The smallest absolute Gasteiger partial charge is 0.234 e. The van der Waals surface area contributed by atoms with Crippen molar-refractivity contribution in [2.24, 2.45) is 0 Å². The molecule has 2 aliphatic rings. The molecule has 1 aliphatic heterocycles. The van der Waals surface area contributed by atoms with E-state index < -0.39 is 0 Å². The van der Waals surface area contributed by atoms with Gasteiger partial charge in [0.25, 0.3) is 0 Å². The Balaban J connectivity index is 1.27. The molecule has 0 N–H and O–H groups in total. The molecule has 2 fully saturated rings. The third-order valence-corrected chi connectivity index (χ3v) is 6.07. The predicted molar refractivity (Wildman–Crippen MR) is 115 cm³/mol. The van der Waals surface area contributed by atoms with Crippen LogP contribution in [0.2, 0.25) is 0 Å². The lowest BCUT2D eigenvalue weighted by molar-refractivity contribution is 0.415. The summed E-state index contributed by atoms with van der Waals surface area (Å²) in [7, 11) is 1.68. The minimum absolute atomic E-state index is 0.272. The molecule has 1 aliphatic carbocycles. The fraction of sp³-hybridized carbons (Fsp3) is 0.333. The van der Waals surface area contributed by atoms with Gasteiger partial charge in [-0.1, -0.05) is 30.3 Å². The molecule has 0 spiro atoms. The Bertz CT molecular complexity index is 1050. The van der Waals surface area contributed by atoms with Gasteiger partial charge in [0, 0.05) is 37.8 Å². The van der Waals surface area contributed by atoms with E-state index >= 15 is 0 Å². The summed E-state index contributed by atoms with van der Waals surface area (Å²) in [6.07, 6.45) is 1.03. The van der Waals surface area contributed by atoms with Crippen molar-refractivity contribution in [3.8, 4) is 11.8 Å². The molecule has 0 radical (unpaired) electrons. The van der Waals surface area contributed by atoms with Gasteiger partial charge in [0.05, 0.1) is 7.11 Å². The van der Waals surface area contributed by atoms with Crippen LogP contribution in [0.3, 0.4) is 0 Å². The van der Waals surface area contributed by atoms with Crippen LogP contribution in [0.25, 0.3) is 0 Å². The number of nitrogens with zero attached hydrogens (tertiary/aromatic N) is 4. The summed E-state index contributed by atoms with van der Waals surface area (Å²) < 4.78 is 11.4. The Morgan fingerprint density at radius 3 is 2.33 bits per heavy atom. The molecule has 2 heterocycles. The molecular formula is C24H24N4O2. The number of nitriles is 1. The van der Waals surface area contributed by atoms with E-state index in [4.69, 9.17) is 9.15 Å². The molecule has 6 nitrogen and oxygen atoms in total. The van der Waals surface area contributed by atoms with Crippen molar-refractivity contribution in [2.75, 3.05) is 43.1 Å². The molecule has 1 saturated heterocycles. The van der Waals surface area contributed by atoms with E-state index in [0.29, 0.717) is 23.4 Å². The summed E-state index contributed by atoms with van der Waals surface area (Å²) in [4.78, 5) is 9.03.